The summed E-state index contributed by atoms with van der Waals surface area (Å²) >= 11 is 1.62. The number of rotatable bonds is 6. The number of hydrogen-bond donors (Lipinski definition) is 4. The molecule has 0 saturated carbocycles. The predicted molar refractivity (Wildman–Crippen MR) is 102 cm³/mol. The Labute approximate surface area is 154 Å². The molecule has 2 heterocycles. The first-order valence-corrected chi connectivity index (χ1v) is 9.12. The highest BCUT2D eigenvalue weighted by molar-refractivity contribution is 7.11. The van der Waals surface area contributed by atoms with Gasteiger partial charge in [0, 0.05) is 10.9 Å². The van der Waals surface area contributed by atoms with Crippen LogP contribution in [0.25, 0.3) is 11.0 Å². The van der Waals surface area contributed by atoms with Crippen LogP contribution in [0.1, 0.15) is 28.9 Å². The first-order valence-electron chi connectivity index (χ1n) is 8.30. The van der Waals surface area contributed by atoms with E-state index >= 15 is 0 Å². The summed E-state index contributed by atoms with van der Waals surface area (Å²) < 4.78 is 5.29. The summed E-state index contributed by atoms with van der Waals surface area (Å²) in [4.78, 5) is 34.5. The number of carbonyl (C=O) groups excluding carboxylic acids is 1. The Morgan fingerprint density at radius 3 is 2.73 bits per heavy atom. The van der Waals surface area contributed by atoms with Crippen LogP contribution in [-0.2, 0) is 13.0 Å². The number of aryl methyl sites for hydroxylation is 2. The van der Waals surface area contributed by atoms with Gasteiger partial charge in [0.05, 0.1) is 41.1 Å². The van der Waals surface area contributed by atoms with Gasteiger partial charge in [0.1, 0.15) is 5.75 Å². The average molecular weight is 375 g/mol. The summed E-state index contributed by atoms with van der Waals surface area (Å²) in [7, 11) is 1.50. The van der Waals surface area contributed by atoms with Crippen LogP contribution in [0.15, 0.2) is 16.9 Å². The summed E-state index contributed by atoms with van der Waals surface area (Å²) in [6.45, 7) is 4.47. The number of amides is 2. The number of methoxy groups -OCH3 is 1. The highest BCUT2D eigenvalue weighted by Gasteiger charge is 2.12. The van der Waals surface area contributed by atoms with E-state index in [2.05, 4.69) is 32.5 Å². The monoisotopic (exact) mass is 375 g/mol. The summed E-state index contributed by atoms with van der Waals surface area (Å²) in [5, 5.41) is 6.68. The molecule has 0 fully saturated rings. The van der Waals surface area contributed by atoms with Gasteiger partial charge in [0.25, 0.3) is 0 Å². The van der Waals surface area contributed by atoms with Gasteiger partial charge in [-0.2, -0.15) is 0 Å². The number of fused-ring (bicyclic) bond motifs is 1. The summed E-state index contributed by atoms with van der Waals surface area (Å²) in [5.74, 6) is 0.460. The highest BCUT2D eigenvalue weighted by atomic mass is 32.1. The lowest BCUT2D eigenvalue weighted by Crippen LogP contribution is -2.28. The fraction of sp³-hybridized carbons (Fsp3) is 0.353. The van der Waals surface area contributed by atoms with Gasteiger partial charge >= 0.3 is 11.7 Å². The van der Waals surface area contributed by atoms with Gasteiger partial charge in [-0.25, -0.2) is 14.6 Å². The topological polar surface area (TPSA) is 112 Å². The van der Waals surface area contributed by atoms with E-state index in [1.165, 1.54) is 7.11 Å². The van der Waals surface area contributed by atoms with Crippen molar-refractivity contribution < 1.29 is 9.53 Å². The summed E-state index contributed by atoms with van der Waals surface area (Å²) in [5.41, 5.74) is 2.31. The van der Waals surface area contributed by atoms with E-state index in [4.69, 9.17) is 4.74 Å². The van der Waals surface area contributed by atoms with Crippen LogP contribution >= 0.6 is 11.3 Å². The molecule has 0 aliphatic heterocycles. The van der Waals surface area contributed by atoms with Crippen LogP contribution in [0.2, 0.25) is 0 Å². The van der Waals surface area contributed by atoms with Crippen molar-refractivity contribution in [3.63, 3.8) is 0 Å². The number of carbonyl (C=O) groups is 1. The first kappa shape index (κ1) is 18.0. The standard InChI is InChI=1S/C17H21N5O3S/c1-4-5-15-19-9(2)14(26-15)8-18-16(23)22-12-6-10-11(7-13(12)25-3)21-17(24)20-10/h6-7H,4-5,8H2,1-3H3,(H2,18,22,23)(H2,20,21,24). The lowest BCUT2D eigenvalue weighted by Gasteiger charge is -2.11. The Kier molecular flexibility index (Phi) is 5.27. The second kappa shape index (κ2) is 7.61. The van der Waals surface area contributed by atoms with E-state index < -0.39 is 0 Å². The van der Waals surface area contributed by atoms with Crippen molar-refractivity contribution in [1.29, 1.82) is 0 Å². The largest absolute Gasteiger partial charge is 0.494 e. The molecule has 3 aromatic rings. The Morgan fingerprint density at radius 1 is 1.31 bits per heavy atom. The zero-order valence-electron chi connectivity index (χ0n) is 14.9. The SMILES string of the molecule is CCCc1nc(C)c(CNC(=O)Nc2cc3[nH]c(=O)[nH]c3cc2OC)s1. The van der Waals surface area contributed by atoms with Crippen LogP contribution in [0, 0.1) is 6.92 Å². The molecule has 0 aliphatic carbocycles. The Hall–Kier alpha value is -2.81. The number of H-pyrrole nitrogens is 2. The number of imidazole rings is 1. The van der Waals surface area contributed by atoms with Crippen LogP contribution in [-0.4, -0.2) is 28.1 Å². The number of nitrogens with one attached hydrogen (secondary N) is 4. The number of ether oxygens (including phenoxy) is 1. The quantitative estimate of drug-likeness (QED) is 0.531. The molecule has 0 spiro atoms. The number of nitrogens with zero attached hydrogens (tertiary/aromatic N) is 1. The molecular formula is C17H21N5O3S. The van der Waals surface area contributed by atoms with E-state index in [1.807, 2.05) is 6.92 Å². The Balaban J connectivity index is 1.69. The minimum Gasteiger partial charge on any atom is -0.494 e. The van der Waals surface area contributed by atoms with Crippen molar-refractivity contribution >= 4 is 34.1 Å². The van der Waals surface area contributed by atoms with Crippen molar-refractivity contribution in [2.45, 2.75) is 33.2 Å². The number of thiazole rings is 1. The Bertz CT molecular complexity index is 988. The van der Waals surface area contributed by atoms with Gasteiger partial charge in [-0.15, -0.1) is 11.3 Å². The lowest BCUT2D eigenvalue weighted by molar-refractivity contribution is 0.251. The number of urea groups is 1. The number of benzene rings is 1. The van der Waals surface area contributed by atoms with E-state index in [-0.39, 0.29) is 11.7 Å². The molecular weight excluding hydrogens is 354 g/mol. The third kappa shape index (κ3) is 3.88. The van der Waals surface area contributed by atoms with Crippen molar-refractivity contribution in [1.82, 2.24) is 20.3 Å². The fourth-order valence-corrected chi connectivity index (χ4v) is 3.74. The second-order valence-electron chi connectivity index (χ2n) is 5.85. The lowest BCUT2D eigenvalue weighted by atomic mass is 10.2. The normalized spacial score (nSPS) is 10.9. The highest BCUT2D eigenvalue weighted by Crippen LogP contribution is 2.28. The van der Waals surface area contributed by atoms with Crippen molar-refractivity contribution in [3.05, 3.63) is 38.2 Å². The average Bonchev–Trinajstić information content (AvgIpc) is 3.13. The molecule has 26 heavy (non-hydrogen) atoms. The molecule has 1 aromatic carbocycles. The van der Waals surface area contributed by atoms with Crippen molar-refractivity contribution in [2.24, 2.45) is 0 Å². The molecule has 9 heteroatoms. The van der Waals surface area contributed by atoms with Gasteiger partial charge in [0.15, 0.2) is 0 Å². The zero-order valence-corrected chi connectivity index (χ0v) is 15.7. The maximum atomic E-state index is 12.3. The molecule has 0 saturated heterocycles. The van der Waals surface area contributed by atoms with Crippen LogP contribution in [0.3, 0.4) is 0 Å². The predicted octanol–water partition coefficient (Wildman–Crippen LogP) is 2.90. The number of aromatic amines is 2. The van der Waals surface area contributed by atoms with Crippen LogP contribution in [0.5, 0.6) is 5.75 Å². The molecule has 0 radical (unpaired) electrons. The first-order chi connectivity index (χ1) is 12.5. The van der Waals surface area contributed by atoms with Crippen molar-refractivity contribution in [2.75, 3.05) is 12.4 Å². The van der Waals surface area contributed by atoms with Crippen molar-refractivity contribution in [3.8, 4) is 5.75 Å². The molecule has 8 nitrogen and oxygen atoms in total. The summed E-state index contributed by atoms with van der Waals surface area (Å²) in [6.07, 6.45) is 1.99. The molecule has 4 N–H and O–H groups in total. The van der Waals surface area contributed by atoms with Gasteiger partial charge in [-0.05, 0) is 25.8 Å². The van der Waals surface area contributed by atoms with Gasteiger partial charge in [-0.3, -0.25) is 0 Å². The molecule has 0 bridgehead atoms. The van der Waals surface area contributed by atoms with Gasteiger partial charge in [0.2, 0.25) is 0 Å². The Morgan fingerprint density at radius 2 is 2.04 bits per heavy atom. The summed E-state index contributed by atoms with van der Waals surface area (Å²) in [6, 6.07) is 2.96. The molecule has 0 atom stereocenters. The maximum absolute atomic E-state index is 12.3. The van der Waals surface area contributed by atoms with Crippen LogP contribution < -0.4 is 21.1 Å². The van der Waals surface area contributed by atoms with Gasteiger partial charge < -0.3 is 25.3 Å². The zero-order chi connectivity index (χ0) is 18.7. The smallest absolute Gasteiger partial charge is 0.323 e. The maximum Gasteiger partial charge on any atom is 0.323 e. The van der Waals surface area contributed by atoms with E-state index in [0.717, 1.165) is 28.4 Å². The third-order valence-electron chi connectivity index (χ3n) is 3.89. The number of anilines is 1. The number of hydrogen-bond acceptors (Lipinski definition) is 5. The second-order valence-corrected chi connectivity index (χ2v) is 7.02. The van der Waals surface area contributed by atoms with E-state index in [1.54, 1.807) is 23.5 Å². The number of aromatic nitrogens is 3. The molecule has 0 aliphatic rings. The molecule has 0 unspecified atom stereocenters. The molecule has 2 amide bonds. The van der Waals surface area contributed by atoms with Crippen LogP contribution in [0.4, 0.5) is 10.5 Å². The molecule has 3 rings (SSSR count). The van der Waals surface area contributed by atoms with E-state index in [0.29, 0.717) is 29.0 Å². The molecule has 138 valence electrons. The van der Waals surface area contributed by atoms with E-state index in [9.17, 15) is 9.59 Å². The third-order valence-corrected chi connectivity index (χ3v) is 5.11. The molecule has 2 aromatic heterocycles. The van der Waals surface area contributed by atoms with Gasteiger partial charge in [-0.1, -0.05) is 6.92 Å². The minimum atomic E-state index is -0.356. The fourth-order valence-electron chi connectivity index (χ4n) is 2.63. The minimum absolute atomic E-state index is 0.313.